The maximum absolute atomic E-state index is 11.6. The van der Waals surface area contributed by atoms with Gasteiger partial charge in [-0.3, -0.25) is 19.9 Å². The van der Waals surface area contributed by atoms with Crippen molar-refractivity contribution in [2.45, 2.75) is 11.7 Å². The summed E-state index contributed by atoms with van der Waals surface area (Å²) < 4.78 is 5.64. The van der Waals surface area contributed by atoms with Gasteiger partial charge in [0, 0.05) is 17.3 Å². The molecule has 1 N–H and O–H groups in total. The van der Waals surface area contributed by atoms with E-state index in [-0.39, 0.29) is 16.4 Å². The molecule has 3 aromatic rings. The van der Waals surface area contributed by atoms with Gasteiger partial charge < -0.3 is 9.57 Å². The summed E-state index contributed by atoms with van der Waals surface area (Å²) in [4.78, 5) is 32.6. The average molecular weight is 448 g/mol. The Hall–Kier alpha value is -3.65. The molecule has 2 aromatic carbocycles. The van der Waals surface area contributed by atoms with Crippen molar-refractivity contribution in [3.63, 3.8) is 0 Å². The van der Waals surface area contributed by atoms with Crippen molar-refractivity contribution in [1.82, 2.24) is 10.3 Å². The van der Waals surface area contributed by atoms with E-state index < -0.39 is 0 Å². The van der Waals surface area contributed by atoms with Crippen molar-refractivity contribution in [2.75, 3.05) is 13.2 Å². The molecule has 162 valence electrons. The number of aromatic nitrogens is 1. The highest BCUT2D eigenvalue weighted by Crippen LogP contribution is 2.24. The fourth-order valence-corrected chi connectivity index (χ4v) is 3.93. The summed E-state index contributed by atoms with van der Waals surface area (Å²) >= 11 is 1.03. The first-order valence-corrected chi connectivity index (χ1v) is 11.0. The first-order valence-electron chi connectivity index (χ1n) is 10.1. The first kappa shape index (κ1) is 21.6. The lowest BCUT2D eigenvalue weighted by Crippen LogP contribution is -2.25. The quantitative estimate of drug-likeness (QED) is 0.302. The van der Waals surface area contributed by atoms with Gasteiger partial charge in [0.05, 0.1) is 17.2 Å². The van der Waals surface area contributed by atoms with E-state index in [2.05, 4.69) is 15.5 Å². The molecule has 32 heavy (non-hydrogen) atoms. The Morgan fingerprint density at radius 3 is 2.50 bits per heavy atom. The molecule has 0 aliphatic carbocycles. The normalized spacial score (nSPS) is 15.7. The zero-order chi connectivity index (χ0) is 22.2. The van der Waals surface area contributed by atoms with Crippen LogP contribution in [0.25, 0.3) is 11.3 Å². The second-order valence-corrected chi connectivity index (χ2v) is 8.17. The van der Waals surface area contributed by atoms with E-state index in [4.69, 9.17) is 9.57 Å². The van der Waals surface area contributed by atoms with E-state index in [1.807, 2.05) is 66.7 Å². The maximum atomic E-state index is 11.6. The second-order valence-electron chi connectivity index (χ2n) is 6.99. The van der Waals surface area contributed by atoms with Crippen LogP contribution in [-0.2, 0) is 16.1 Å². The minimum atomic E-state index is -0.370. The molecule has 2 heterocycles. The molecule has 0 radical (unpaired) electrons. The summed E-state index contributed by atoms with van der Waals surface area (Å²) in [5.41, 5.74) is 3.78. The number of oxime groups is 1. The topological polar surface area (TPSA) is 89.9 Å². The van der Waals surface area contributed by atoms with Gasteiger partial charge in [-0.2, -0.15) is 0 Å². The number of amides is 2. The SMILES string of the molecule is O=C1NC(=O)C(Cc2ccc(OCCON=Cc3ccc(-c4ccccc4)nc3)cc2)S1. The lowest BCUT2D eigenvalue weighted by Gasteiger charge is -2.08. The molecule has 4 rings (SSSR count). The number of imide groups is 1. The fraction of sp³-hybridized carbons (Fsp3) is 0.167. The summed E-state index contributed by atoms with van der Waals surface area (Å²) in [7, 11) is 0. The van der Waals surface area contributed by atoms with Crippen LogP contribution in [0.4, 0.5) is 4.79 Å². The standard InChI is InChI=1S/C24H21N3O4S/c28-23-22(32-24(29)27-23)14-17-6-9-20(10-7-17)30-12-13-31-26-16-18-8-11-21(25-15-18)19-4-2-1-3-5-19/h1-11,15-16,22H,12-14H2,(H,27,28,29). The van der Waals surface area contributed by atoms with Crippen LogP contribution in [0.3, 0.4) is 0 Å². The van der Waals surface area contributed by atoms with Crippen LogP contribution in [0.2, 0.25) is 0 Å². The number of pyridine rings is 1. The Labute approximate surface area is 189 Å². The van der Waals surface area contributed by atoms with Crippen LogP contribution in [0.5, 0.6) is 5.75 Å². The Bertz CT molecular complexity index is 1090. The average Bonchev–Trinajstić information content (AvgIpc) is 3.14. The van der Waals surface area contributed by atoms with E-state index in [9.17, 15) is 9.59 Å². The van der Waals surface area contributed by atoms with Gasteiger partial charge in [0.25, 0.3) is 5.24 Å². The maximum Gasteiger partial charge on any atom is 0.286 e. The number of benzene rings is 2. The minimum absolute atomic E-state index is 0.235. The third kappa shape index (κ3) is 5.95. The number of ether oxygens (including phenoxy) is 1. The molecule has 1 aliphatic rings. The highest BCUT2D eigenvalue weighted by Gasteiger charge is 2.31. The van der Waals surface area contributed by atoms with Crippen molar-refractivity contribution in [3.8, 4) is 17.0 Å². The van der Waals surface area contributed by atoms with E-state index in [0.29, 0.717) is 25.4 Å². The molecule has 1 aliphatic heterocycles. The summed E-state index contributed by atoms with van der Waals surface area (Å²) in [6, 6.07) is 21.3. The minimum Gasteiger partial charge on any atom is -0.490 e. The first-order chi connectivity index (χ1) is 15.7. The van der Waals surface area contributed by atoms with Gasteiger partial charge in [-0.05, 0) is 36.2 Å². The molecule has 0 spiro atoms. The largest absolute Gasteiger partial charge is 0.490 e. The summed E-state index contributed by atoms with van der Waals surface area (Å²) in [6.45, 7) is 0.645. The number of carbonyl (C=O) groups excluding carboxylic acids is 2. The van der Waals surface area contributed by atoms with Gasteiger partial charge in [0.2, 0.25) is 5.91 Å². The molecule has 1 saturated heterocycles. The number of nitrogens with one attached hydrogen (secondary N) is 1. The predicted octanol–water partition coefficient (Wildman–Crippen LogP) is 4.07. The third-order valence-corrected chi connectivity index (χ3v) is 5.67. The predicted molar refractivity (Wildman–Crippen MR) is 124 cm³/mol. The number of hydrogen-bond donors (Lipinski definition) is 1. The summed E-state index contributed by atoms with van der Waals surface area (Å²) in [6.07, 6.45) is 3.86. The van der Waals surface area contributed by atoms with Crippen LogP contribution in [-0.4, -0.2) is 40.8 Å². The number of nitrogens with zero attached hydrogens (tertiary/aromatic N) is 2. The van der Waals surface area contributed by atoms with Crippen molar-refractivity contribution in [3.05, 3.63) is 84.1 Å². The van der Waals surface area contributed by atoms with Gasteiger partial charge >= 0.3 is 0 Å². The van der Waals surface area contributed by atoms with Crippen molar-refractivity contribution >= 4 is 29.1 Å². The zero-order valence-electron chi connectivity index (χ0n) is 17.1. The number of carbonyl (C=O) groups is 2. The van der Waals surface area contributed by atoms with E-state index in [0.717, 1.165) is 34.1 Å². The zero-order valence-corrected chi connectivity index (χ0v) is 18.0. The Kier molecular flexibility index (Phi) is 7.14. The van der Waals surface area contributed by atoms with Gasteiger partial charge in [-0.25, -0.2) is 0 Å². The van der Waals surface area contributed by atoms with Crippen molar-refractivity contribution < 1.29 is 19.2 Å². The molecule has 1 atom stereocenters. The van der Waals surface area contributed by atoms with Crippen LogP contribution in [0, 0.1) is 0 Å². The van der Waals surface area contributed by atoms with Gasteiger partial charge in [0.1, 0.15) is 12.4 Å². The van der Waals surface area contributed by atoms with E-state index in [1.54, 1.807) is 12.4 Å². The molecular formula is C24H21N3O4S. The monoisotopic (exact) mass is 447 g/mol. The molecule has 7 nitrogen and oxygen atoms in total. The molecule has 8 heteroatoms. The van der Waals surface area contributed by atoms with Crippen LogP contribution in [0.15, 0.2) is 78.1 Å². The second kappa shape index (κ2) is 10.6. The smallest absolute Gasteiger partial charge is 0.286 e. The van der Waals surface area contributed by atoms with E-state index in [1.165, 1.54) is 0 Å². The molecule has 2 amide bonds. The molecule has 1 fully saturated rings. The highest BCUT2D eigenvalue weighted by atomic mass is 32.2. The van der Waals surface area contributed by atoms with Crippen LogP contribution >= 0.6 is 11.8 Å². The number of hydrogen-bond acceptors (Lipinski definition) is 7. The van der Waals surface area contributed by atoms with Crippen LogP contribution < -0.4 is 10.1 Å². The van der Waals surface area contributed by atoms with Gasteiger partial charge in [-0.15, -0.1) is 0 Å². The van der Waals surface area contributed by atoms with Crippen molar-refractivity contribution in [1.29, 1.82) is 0 Å². The Balaban J connectivity index is 1.16. The Morgan fingerprint density at radius 1 is 1.00 bits per heavy atom. The van der Waals surface area contributed by atoms with Gasteiger partial charge in [0.15, 0.2) is 6.61 Å². The van der Waals surface area contributed by atoms with Gasteiger partial charge in [-0.1, -0.05) is 59.4 Å². The van der Waals surface area contributed by atoms with E-state index >= 15 is 0 Å². The summed E-state index contributed by atoms with van der Waals surface area (Å²) in [5.74, 6) is 0.461. The lowest BCUT2D eigenvalue weighted by atomic mass is 10.1. The Morgan fingerprint density at radius 2 is 1.81 bits per heavy atom. The fourth-order valence-electron chi connectivity index (χ4n) is 3.07. The number of thioether (sulfide) groups is 1. The molecule has 0 saturated carbocycles. The molecule has 1 unspecified atom stereocenters. The highest BCUT2D eigenvalue weighted by molar-refractivity contribution is 8.15. The molecular weight excluding hydrogens is 426 g/mol. The summed E-state index contributed by atoms with van der Waals surface area (Å²) in [5, 5.41) is 5.58. The number of rotatable bonds is 9. The third-order valence-electron chi connectivity index (χ3n) is 4.69. The van der Waals surface area contributed by atoms with Crippen molar-refractivity contribution in [2.24, 2.45) is 5.16 Å². The molecule has 1 aromatic heterocycles. The molecule has 0 bridgehead atoms. The van der Waals surface area contributed by atoms with Crippen LogP contribution in [0.1, 0.15) is 11.1 Å². The lowest BCUT2D eigenvalue weighted by molar-refractivity contribution is -0.118.